The molecule has 0 aliphatic carbocycles. The zero-order valence-corrected chi connectivity index (χ0v) is 12.2. The highest BCUT2D eigenvalue weighted by atomic mass is 19.3. The van der Waals surface area contributed by atoms with E-state index in [9.17, 15) is 22.4 Å². The predicted molar refractivity (Wildman–Crippen MR) is 75.4 cm³/mol. The van der Waals surface area contributed by atoms with E-state index in [1.807, 2.05) is 35.2 Å². The van der Waals surface area contributed by atoms with Gasteiger partial charge < -0.3 is 9.80 Å². The molecule has 1 aromatic rings. The maximum absolute atomic E-state index is 13.0. The fraction of sp³-hybridized carbons (Fsp3) is 0.533. The van der Waals surface area contributed by atoms with Crippen molar-refractivity contribution in [1.82, 2.24) is 4.90 Å². The second-order valence-corrected chi connectivity index (χ2v) is 5.46. The Morgan fingerprint density at radius 1 is 1.27 bits per heavy atom. The second kappa shape index (κ2) is 6.54. The SMILES string of the molecule is CC1CN(c2ccccc2)CCN1C(=O)CC(F)(F)C(F)F. The topological polar surface area (TPSA) is 23.6 Å². The lowest BCUT2D eigenvalue weighted by molar-refractivity contribution is -0.160. The first-order valence-corrected chi connectivity index (χ1v) is 7.06. The first-order chi connectivity index (χ1) is 10.3. The summed E-state index contributed by atoms with van der Waals surface area (Å²) in [6.45, 7) is 2.94. The number of halogens is 4. The summed E-state index contributed by atoms with van der Waals surface area (Å²) >= 11 is 0. The lowest BCUT2D eigenvalue weighted by atomic mass is 10.1. The van der Waals surface area contributed by atoms with Crippen molar-refractivity contribution in [2.24, 2.45) is 0 Å². The highest BCUT2D eigenvalue weighted by molar-refractivity contribution is 5.78. The number of nitrogens with zero attached hydrogens (tertiary/aromatic N) is 2. The fourth-order valence-electron chi connectivity index (χ4n) is 2.58. The highest BCUT2D eigenvalue weighted by Gasteiger charge is 2.44. The van der Waals surface area contributed by atoms with Crippen LogP contribution in [0.25, 0.3) is 0 Å². The van der Waals surface area contributed by atoms with E-state index in [0.29, 0.717) is 13.1 Å². The second-order valence-electron chi connectivity index (χ2n) is 5.46. The number of rotatable bonds is 4. The van der Waals surface area contributed by atoms with Crippen LogP contribution in [-0.2, 0) is 4.79 Å². The molecular weight excluding hydrogens is 300 g/mol. The number of carbonyl (C=O) groups is 1. The van der Waals surface area contributed by atoms with E-state index in [2.05, 4.69) is 0 Å². The van der Waals surface area contributed by atoms with Gasteiger partial charge in [0.1, 0.15) is 0 Å². The number of hydrogen-bond donors (Lipinski definition) is 0. The number of anilines is 1. The van der Waals surface area contributed by atoms with Gasteiger partial charge in [-0.2, -0.15) is 8.78 Å². The van der Waals surface area contributed by atoms with Gasteiger partial charge in [0.05, 0.1) is 6.42 Å². The molecule has 1 aromatic carbocycles. The number of alkyl halides is 4. The van der Waals surface area contributed by atoms with Crippen LogP contribution < -0.4 is 4.90 Å². The lowest BCUT2D eigenvalue weighted by Gasteiger charge is -2.41. The van der Waals surface area contributed by atoms with Gasteiger partial charge in [-0.05, 0) is 19.1 Å². The average Bonchev–Trinajstić information content (AvgIpc) is 2.47. The standard InChI is InChI=1S/C15H18F4N2O/c1-11-10-20(12-5-3-2-4-6-12)7-8-21(11)13(22)9-15(18,19)14(16)17/h2-6,11,14H,7-10H2,1H3. The van der Waals surface area contributed by atoms with Crippen LogP contribution in [0.2, 0.25) is 0 Å². The van der Waals surface area contributed by atoms with E-state index in [-0.39, 0.29) is 12.6 Å². The number of para-hydroxylation sites is 1. The van der Waals surface area contributed by atoms with Crippen LogP contribution in [0.4, 0.5) is 23.2 Å². The van der Waals surface area contributed by atoms with Crippen LogP contribution in [0.1, 0.15) is 13.3 Å². The van der Waals surface area contributed by atoms with Gasteiger partial charge >= 0.3 is 12.3 Å². The summed E-state index contributed by atoms with van der Waals surface area (Å²) in [4.78, 5) is 15.2. The Kier molecular flexibility index (Phi) is 4.93. The summed E-state index contributed by atoms with van der Waals surface area (Å²) in [6, 6.07) is 9.21. The zero-order chi connectivity index (χ0) is 16.3. The quantitative estimate of drug-likeness (QED) is 0.797. The summed E-state index contributed by atoms with van der Waals surface area (Å²) in [6.07, 6.45) is -5.27. The van der Waals surface area contributed by atoms with Gasteiger partial charge in [-0.3, -0.25) is 4.79 Å². The van der Waals surface area contributed by atoms with E-state index in [1.54, 1.807) is 6.92 Å². The summed E-state index contributed by atoms with van der Waals surface area (Å²) in [7, 11) is 0. The Balaban J connectivity index is 1.97. The summed E-state index contributed by atoms with van der Waals surface area (Å²) in [5, 5.41) is 0. The molecule has 0 aromatic heterocycles. The van der Waals surface area contributed by atoms with Gasteiger partial charge in [0.15, 0.2) is 0 Å². The third kappa shape index (κ3) is 3.69. The van der Waals surface area contributed by atoms with Crippen LogP contribution in [0, 0.1) is 0 Å². The molecule has 0 radical (unpaired) electrons. The van der Waals surface area contributed by atoms with E-state index < -0.39 is 24.7 Å². The largest absolute Gasteiger partial charge is 0.368 e. The van der Waals surface area contributed by atoms with Gasteiger partial charge in [0.25, 0.3) is 0 Å². The summed E-state index contributed by atoms with van der Waals surface area (Å²) in [5.41, 5.74) is 0.986. The predicted octanol–water partition coefficient (Wildman–Crippen LogP) is 3.01. The molecule has 1 fully saturated rings. The van der Waals surface area contributed by atoms with Crippen molar-refractivity contribution in [1.29, 1.82) is 0 Å². The van der Waals surface area contributed by atoms with E-state index >= 15 is 0 Å². The van der Waals surface area contributed by atoms with Gasteiger partial charge in [-0.15, -0.1) is 0 Å². The molecule has 3 nitrogen and oxygen atoms in total. The number of benzene rings is 1. The third-order valence-electron chi connectivity index (χ3n) is 3.78. The summed E-state index contributed by atoms with van der Waals surface area (Å²) < 4.78 is 50.4. The molecule has 1 atom stereocenters. The van der Waals surface area contributed by atoms with Crippen molar-refractivity contribution >= 4 is 11.6 Å². The molecule has 122 valence electrons. The minimum Gasteiger partial charge on any atom is -0.368 e. The maximum atomic E-state index is 13.0. The Morgan fingerprint density at radius 2 is 1.91 bits per heavy atom. The zero-order valence-electron chi connectivity index (χ0n) is 12.2. The number of amides is 1. The Bertz CT molecular complexity index is 510. The molecule has 1 saturated heterocycles. The van der Waals surface area contributed by atoms with Crippen molar-refractivity contribution in [3.8, 4) is 0 Å². The molecule has 22 heavy (non-hydrogen) atoms. The van der Waals surface area contributed by atoms with E-state index in [0.717, 1.165) is 5.69 Å². The molecule has 0 bridgehead atoms. The van der Waals surface area contributed by atoms with Crippen LogP contribution in [0.3, 0.4) is 0 Å². The van der Waals surface area contributed by atoms with Gasteiger partial charge in [0, 0.05) is 31.4 Å². The average molecular weight is 318 g/mol. The molecular formula is C15H18F4N2O. The van der Waals surface area contributed by atoms with Crippen molar-refractivity contribution in [2.45, 2.75) is 31.7 Å². The maximum Gasteiger partial charge on any atom is 0.316 e. The smallest absolute Gasteiger partial charge is 0.316 e. The molecule has 1 aliphatic heterocycles. The monoisotopic (exact) mass is 318 g/mol. The van der Waals surface area contributed by atoms with Crippen LogP contribution in [-0.4, -0.2) is 48.8 Å². The molecule has 1 amide bonds. The molecule has 0 N–H and O–H groups in total. The lowest BCUT2D eigenvalue weighted by Crippen LogP contribution is -2.55. The third-order valence-corrected chi connectivity index (χ3v) is 3.78. The minimum atomic E-state index is -4.27. The molecule has 7 heteroatoms. The molecule has 2 rings (SSSR count). The molecule has 1 aliphatic rings. The van der Waals surface area contributed by atoms with Crippen LogP contribution in [0.5, 0.6) is 0 Å². The first-order valence-electron chi connectivity index (χ1n) is 7.06. The Labute approximate surface area is 126 Å². The highest BCUT2D eigenvalue weighted by Crippen LogP contribution is 2.28. The van der Waals surface area contributed by atoms with Crippen molar-refractivity contribution in [3.63, 3.8) is 0 Å². The first kappa shape index (κ1) is 16.6. The number of carbonyl (C=O) groups excluding carboxylic acids is 1. The Hall–Kier alpha value is -1.79. The molecule has 1 heterocycles. The minimum absolute atomic E-state index is 0.244. The van der Waals surface area contributed by atoms with Crippen molar-refractivity contribution in [3.05, 3.63) is 30.3 Å². The van der Waals surface area contributed by atoms with Gasteiger partial charge in [0.2, 0.25) is 5.91 Å². The van der Waals surface area contributed by atoms with Crippen molar-refractivity contribution in [2.75, 3.05) is 24.5 Å². The van der Waals surface area contributed by atoms with E-state index in [1.165, 1.54) is 4.90 Å². The van der Waals surface area contributed by atoms with Crippen molar-refractivity contribution < 1.29 is 22.4 Å². The molecule has 1 unspecified atom stereocenters. The van der Waals surface area contributed by atoms with Gasteiger partial charge in [-0.1, -0.05) is 18.2 Å². The molecule has 0 saturated carbocycles. The van der Waals surface area contributed by atoms with Crippen LogP contribution >= 0.6 is 0 Å². The Morgan fingerprint density at radius 3 is 2.45 bits per heavy atom. The normalized spacial score (nSPS) is 19.6. The fourth-order valence-corrected chi connectivity index (χ4v) is 2.58. The number of piperazine rings is 1. The summed E-state index contributed by atoms with van der Waals surface area (Å²) in [5.74, 6) is -5.20. The van der Waals surface area contributed by atoms with Gasteiger partial charge in [-0.25, -0.2) is 8.78 Å². The molecule has 0 spiro atoms. The number of hydrogen-bond acceptors (Lipinski definition) is 2. The van der Waals surface area contributed by atoms with E-state index in [4.69, 9.17) is 0 Å². The van der Waals surface area contributed by atoms with Crippen LogP contribution in [0.15, 0.2) is 30.3 Å².